The molecule has 0 atom stereocenters. The van der Waals surface area contributed by atoms with Crippen molar-refractivity contribution in [1.82, 2.24) is 14.5 Å². The predicted octanol–water partition coefficient (Wildman–Crippen LogP) is 2.55. The third-order valence-corrected chi connectivity index (χ3v) is 4.12. The molecule has 134 valence electrons. The van der Waals surface area contributed by atoms with E-state index in [-0.39, 0.29) is 24.7 Å². The molecular weight excluding hydrogens is 306 g/mol. The molecule has 2 heterocycles. The monoisotopic (exact) mass is 335 g/mol. The van der Waals surface area contributed by atoms with Gasteiger partial charge in [-0.15, -0.1) is 0 Å². The second-order valence-corrected chi connectivity index (χ2v) is 7.73. The summed E-state index contributed by atoms with van der Waals surface area (Å²) in [7, 11) is 2.04. The van der Waals surface area contributed by atoms with Gasteiger partial charge in [-0.05, 0) is 20.8 Å². The molecule has 0 aliphatic carbocycles. The van der Waals surface area contributed by atoms with Crippen molar-refractivity contribution in [2.24, 2.45) is 7.05 Å². The van der Waals surface area contributed by atoms with Crippen molar-refractivity contribution < 1.29 is 14.3 Å². The Labute approximate surface area is 144 Å². The van der Waals surface area contributed by atoms with E-state index in [1.54, 1.807) is 4.90 Å². The van der Waals surface area contributed by atoms with Crippen LogP contribution in [0, 0.1) is 0 Å². The standard InChI is InChI=1S/C18H29N3O3/c1-12(2)17-19-13-11-21(10-9-14(13)20(17)6)15(22)7-8-16(23)24-18(3,4)5/h12H,7-11H2,1-6H3. The Bertz CT molecular complexity index is 626. The van der Waals surface area contributed by atoms with Crippen LogP contribution >= 0.6 is 0 Å². The van der Waals surface area contributed by atoms with Crippen molar-refractivity contribution >= 4 is 11.9 Å². The molecule has 0 saturated heterocycles. The SMILES string of the molecule is CC(C)c1nc2c(n1C)CCN(C(=O)CCC(=O)OC(C)(C)C)C2. The molecule has 0 saturated carbocycles. The Kier molecular flexibility index (Phi) is 5.35. The molecule has 2 rings (SSSR count). The fraction of sp³-hybridized carbons (Fsp3) is 0.722. The van der Waals surface area contributed by atoms with Crippen molar-refractivity contribution in [3.8, 4) is 0 Å². The molecule has 1 aromatic heterocycles. The van der Waals surface area contributed by atoms with Crippen LogP contribution in [-0.4, -0.2) is 38.5 Å². The Morgan fingerprint density at radius 2 is 1.92 bits per heavy atom. The van der Waals surface area contributed by atoms with Crippen LogP contribution in [-0.2, 0) is 34.3 Å². The number of imidazole rings is 1. The van der Waals surface area contributed by atoms with E-state index >= 15 is 0 Å². The van der Waals surface area contributed by atoms with Crippen molar-refractivity contribution in [1.29, 1.82) is 0 Å². The van der Waals surface area contributed by atoms with Gasteiger partial charge in [0.25, 0.3) is 0 Å². The zero-order valence-electron chi connectivity index (χ0n) is 15.7. The molecule has 1 amide bonds. The summed E-state index contributed by atoms with van der Waals surface area (Å²) in [5, 5.41) is 0. The molecule has 6 heteroatoms. The first kappa shape index (κ1) is 18.5. The summed E-state index contributed by atoms with van der Waals surface area (Å²) in [5.41, 5.74) is 1.69. The fourth-order valence-corrected chi connectivity index (χ4v) is 3.04. The topological polar surface area (TPSA) is 64.4 Å². The highest BCUT2D eigenvalue weighted by Crippen LogP contribution is 2.23. The first-order valence-electron chi connectivity index (χ1n) is 8.62. The lowest BCUT2D eigenvalue weighted by molar-refractivity contribution is -0.156. The number of esters is 1. The second kappa shape index (κ2) is 6.95. The van der Waals surface area contributed by atoms with Gasteiger partial charge >= 0.3 is 5.97 Å². The molecule has 1 aliphatic rings. The number of aromatic nitrogens is 2. The number of amides is 1. The van der Waals surface area contributed by atoms with E-state index in [0.29, 0.717) is 19.0 Å². The first-order valence-corrected chi connectivity index (χ1v) is 8.62. The molecule has 6 nitrogen and oxygen atoms in total. The zero-order valence-corrected chi connectivity index (χ0v) is 15.7. The summed E-state index contributed by atoms with van der Waals surface area (Å²) < 4.78 is 7.41. The lowest BCUT2D eigenvalue weighted by Gasteiger charge is -2.27. The molecule has 1 aliphatic heterocycles. The molecule has 0 unspecified atom stereocenters. The maximum Gasteiger partial charge on any atom is 0.306 e. The highest BCUT2D eigenvalue weighted by molar-refractivity contribution is 5.81. The zero-order chi connectivity index (χ0) is 18.1. The highest BCUT2D eigenvalue weighted by atomic mass is 16.6. The Morgan fingerprint density at radius 3 is 2.50 bits per heavy atom. The molecule has 0 bridgehead atoms. The van der Waals surface area contributed by atoms with Gasteiger partial charge in [0.15, 0.2) is 0 Å². The van der Waals surface area contributed by atoms with Gasteiger partial charge in [-0.25, -0.2) is 4.98 Å². The maximum absolute atomic E-state index is 12.4. The number of nitrogens with zero attached hydrogens (tertiary/aromatic N) is 3. The average molecular weight is 335 g/mol. The second-order valence-electron chi connectivity index (χ2n) is 7.73. The van der Waals surface area contributed by atoms with Gasteiger partial charge in [-0.2, -0.15) is 0 Å². The van der Waals surface area contributed by atoms with Crippen LogP contribution < -0.4 is 0 Å². The lowest BCUT2D eigenvalue weighted by Crippen LogP contribution is -2.36. The van der Waals surface area contributed by atoms with E-state index in [4.69, 9.17) is 9.72 Å². The van der Waals surface area contributed by atoms with Gasteiger partial charge in [0.2, 0.25) is 5.91 Å². The largest absolute Gasteiger partial charge is 0.460 e. The first-order chi connectivity index (χ1) is 11.1. The van der Waals surface area contributed by atoms with Crippen molar-refractivity contribution in [2.75, 3.05) is 6.54 Å². The van der Waals surface area contributed by atoms with E-state index in [9.17, 15) is 9.59 Å². The molecule has 0 radical (unpaired) electrons. The van der Waals surface area contributed by atoms with Gasteiger partial charge in [0.05, 0.1) is 18.7 Å². The van der Waals surface area contributed by atoms with Gasteiger partial charge < -0.3 is 14.2 Å². The van der Waals surface area contributed by atoms with Crippen LogP contribution in [0.3, 0.4) is 0 Å². The molecule has 24 heavy (non-hydrogen) atoms. The number of hydrogen-bond acceptors (Lipinski definition) is 4. The van der Waals surface area contributed by atoms with Crippen molar-refractivity contribution in [3.63, 3.8) is 0 Å². The third-order valence-electron chi connectivity index (χ3n) is 4.12. The van der Waals surface area contributed by atoms with E-state index < -0.39 is 5.60 Å². The number of rotatable bonds is 4. The summed E-state index contributed by atoms with van der Waals surface area (Å²) in [4.78, 5) is 30.6. The molecule has 0 N–H and O–H groups in total. The minimum absolute atomic E-state index is 0.0109. The van der Waals surface area contributed by atoms with Crippen LogP contribution in [0.15, 0.2) is 0 Å². The van der Waals surface area contributed by atoms with E-state index in [1.165, 1.54) is 5.69 Å². The Hall–Kier alpha value is -1.85. The molecule has 1 aromatic rings. The number of hydrogen-bond donors (Lipinski definition) is 0. The van der Waals surface area contributed by atoms with Crippen molar-refractivity contribution in [3.05, 3.63) is 17.2 Å². The molecule has 0 fully saturated rings. The van der Waals surface area contributed by atoms with Gasteiger partial charge in [0, 0.05) is 38.0 Å². The van der Waals surface area contributed by atoms with Crippen LogP contribution in [0.25, 0.3) is 0 Å². The van der Waals surface area contributed by atoms with Gasteiger partial charge in [-0.1, -0.05) is 13.8 Å². The van der Waals surface area contributed by atoms with Crippen LogP contribution in [0.1, 0.15) is 70.6 Å². The number of ether oxygens (including phenoxy) is 1. The number of fused-ring (bicyclic) bond motifs is 1. The predicted molar refractivity (Wildman–Crippen MR) is 91.5 cm³/mol. The van der Waals surface area contributed by atoms with Crippen LogP contribution in [0.2, 0.25) is 0 Å². The fourth-order valence-electron chi connectivity index (χ4n) is 3.04. The quantitative estimate of drug-likeness (QED) is 0.793. The lowest BCUT2D eigenvalue weighted by atomic mass is 10.1. The van der Waals surface area contributed by atoms with Gasteiger partial charge in [-0.3, -0.25) is 9.59 Å². The maximum atomic E-state index is 12.4. The third kappa shape index (κ3) is 4.36. The van der Waals surface area contributed by atoms with E-state index in [2.05, 4.69) is 18.4 Å². The van der Waals surface area contributed by atoms with Crippen LogP contribution in [0.5, 0.6) is 0 Å². The molecular formula is C18H29N3O3. The van der Waals surface area contributed by atoms with E-state index in [1.807, 2.05) is 27.8 Å². The van der Waals surface area contributed by atoms with E-state index in [0.717, 1.165) is 17.9 Å². The summed E-state index contributed by atoms with van der Waals surface area (Å²) in [6.07, 6.45) is 1.12. The summed E-state index contributed by atoms with van der Waals surface area (Å²) in [6, 6.07) is 0. The van der Waals surface area contributed by atoms with Gasteiger partial charge in [0.1, 0.15) is 11.4 Å². The Morgan fingerprint density at radius 1 is 1.25 bits per heavy atom. The minimum atomic E-state index is -0.513. The summed E-state index contributed by atoms with van der Waals surface area (Å²) in [6.45, 7) is 10.9. The summed E-state index contributed by atoms with van der Waals surface area (Å²) in [5.74, 6) is 1.08. The normalized spacial score (nSPS) is 14.7. The highest BCUT2D eigenvalue weighted by Gasteiger charge is 2.27. The molecule has 0 spiro atoms. The minimum Gasteiger partial charge on any atom is -0.460 e. The Balaban J connectivity index is 1.94. The summed E-state index contributed by atoms with van der Waals surface area (Å²) >= 11 is 0. The number of carbonyl (C=O) groups is 2. The number of carbonyl (C=O) groups excluding carboxylic acids is 2. The average Bonchev–Trinajstić information content (AvgIpc) is 2.80. The van der Waals surface area contributed by atoms with Crippen molar-refractivity contribution in [2.45, 2.75) is 71.9 Å². The van der Waals surface area contributed by atoms with Crippen LogP contribution in [0.4, 0.5) is 0 Å². The molecule has 0 aromatic carbocycles. The smallest absolute Gasteiger partial charge is 0.306 e.